The van der Waals surface area contributed by atoms with Crippen LogP contribution in [0.25, 0.3) is 21.9 Å². The lowest BCUT2D eigenvalue weighted by atomic mass is 10.0. The summed E-state index contributed by atoms with van der Waals surface area (Å²) in [5, 5.41) is 2.46. The fraction of sp³-hybridized carbons (Fsp3) is 0.261. The highest BCUT2D eigenvalue weighted by molar-refractivity contribution is 6.29. The lowest BCUT2D eigenvalue weighted by molar-refractivity contribution is 0.601. The molecule has 154 valence electrons. The van der Waals surface area contributed by atoms with Crippen LogP contribution in [0.5, 0.6) is 0 Å². The largest absolute Gasteiger partial charge is 0.332 e. The van der Waals surface area contributed by atoms with Gasteiger partial charge in [0.1, 0.15) is 0 Å². The van der Waals surface area contributed by atoms with Crippen LogP contribution in [-0.4, -0.2) is 18.7 Å². The van der Waals surface area contributed by atoms with Gasteiger partial charge in [0, 0.05) is 20.1 Å². The molecule has 0 atom stereocenters. The molecule has 0 bridgehead atoms. The molecule has 4 aromatic rings. The van der Waals surface area contributed by atoms with Gasteiger partial charge in [0.15, 0.2) is 11.2 Å². The SMILES string of the molecule is CC(C)=CCn1c(Cl)nc2c1c(=O)n(CCc1cccc3ccccc13)c(=O)n2C. The van der Waals surface area contributed by atoms with Crippen LogP contribution in [0, 0.1) is 0 Å². The van der Waals surface area contributed by atoms with Crippen LogP contribution in [0.15, 0.2) is 63.7 Å². The second-order valence-corrected chi connectivity index (χ2v) is 7.97. The van der Waals surface area contributed by atoms with Crippen molar-refractivity contribution in [3.63, 3.8) is 0 Å². The number of aromatic nitrogens is 4. The minimum atomic E-state index is -0.392. The fourth-order valence-electron chi connectivity index (χ4n) is 3.73. The molecule has 0 saturated carbocycles. The Hall–Kier alpha value is -3.12. The van der Waals surface area contributed by atoms with E-state index in [1.54, 1.807) is 11.6 Å². The van der Waals surface area contributed by atoms with Crippen molar-refractivity contribution in [1.29, 1.82) is 0 Å². The number of aryl methyl sites for hydroxylation is 2. The fourth-order valence-corrected chi connectivity index (χ4v) is 3.96. The monoisotopic (exact) mass is 422 g/mol. The van der Waals surface area contributed by atoms with Gasteiger partial charge in [-0.2, -0.15) is 4.98 Å². The average molecular weight is 423 g/mol. The zero-order chi connectivity index (χ0) is 21.4. The summed E-state index contributed by atoms with van der Waals surface area (Å²) in [5.74, 6) is 0. The maximum absolute atomic E-state index is 13.3. The van der Waals surface area contributed by atoms with Crippen LogP contribution in [0.2, 0.25) is 5.28 Å². The molecule has 0 aliphatic rings. The summed E-state index contributed by atoms with van der Waals surface area (Å²) in [6, 6.07) is 14.2. The zero-order valence-electron chi connectivity index (χ0n) is 17.2. The number of rotatable bonds is 5. The molecular weight excluding hydrogens is 400 g/mol. The van der Waals surface area contributed by atoms with Crippen LogP contribution < -0.4 is 11.2 Å². The van der Waals surface area contributed by atoms with Crippen LogP contribution >= 0.6 is 11.6 Å². The molecule has 2 heterocycles. The Labute approximate surface area is 178 Å². The van der Waals surface area contributed by atoms with E-state index < -0.39 is 5.69 Å². The molecule has 0 spiro atoms. The number of imidazole rings is 1. The van der Waals surface area contributed by atoms with Gasteiger partial charge in [-0.05, 0) is 48.2 Å². The zero-order valence-corrected chi connectivity index (χ0v) is 18.0. The third-order valence-corrected chi connectivity index (χ3v) is 5.64. The molecule has 0 amide bonds. The van der Waals surface area contributed by atoms with Gasteiger partial charge in [0.05, 0.1) is 0 Å². The summed E-state index contributed by atoms with van der Waals surface area (Å²) in [5.41, 5.74) is 2.09. The maximum Gasteiger partial charge on any atom is 0.332 e. The molecule has 0 saturated heterocycles. The summed E-state index contributed by atoms with van der Waals surface area (Å²) < 4.78 is 4.33. The second-order valence-electron chi connectivity index (χ2n) is 7.63. The standard InChI is InChI=1S/C23H23ClN4O2/c1-15(2)11-13-27-19-20(25-22(27)24)26(3)23(30)28(21(19)29)14-12-17-9-6-8-16-7-4-5-10-18(16)17/h4-11H,12-14H2,1-3H3. The average Bonchev–Trinajstić information content (AvgIpc) is 3.07. The van der Waals surface area contributed by atoms with Crippen molar-refractivity contribution in [2.75, 3.05) is 0 Å². The highest BCUT2D eigenvalue weighted by atomic mass is 35.5. The topological polar surface area (TPSA) is 61.8 Å². The van der Waals surface area contributed by atoms with Crippen molar-refractivity contribution in [2.45, 2.75) is 33.4 Å². The number of hydrogen-bond acceptors (Lipinski definition) is 3. The molecule has 6 nitrogen and oxygen atoms in total. The first kappa shape index (κ1) is 20.2. The number of fused-ring (bicyclic) bond motifs is 2. The Morgan fingerprint density at radius 3 is 2.57 bits per heavy atom. The molecule has 7 heteroatoms. The first-order valence-corrected chi connectivity index (χ1v) is 10.2. The third kappa shape index (κ3) is 3.48. The first-order valence-electron chi connectivity index (χ1n) is 9.84. The molecular formula is C23H23ClN4O2. The van der Waals surface area contributed by atoms with E-state index in [0.717, 1.165) is 21.9 Å². The van der Waals surface area contributed by atoms with Gasteiger partial charge in [0.25, 0.3) is 5.56 Å². The third-order valence-electron chi connectivity index (χ3n) is 5.35. The number of hydrogen-bond donors (Lipinski definition) is 0. The van der Waals surface area contributed by atoms with Gasteiger partial charge in [-0.1, -0.05) is 54.1 Å². The maximum atomic E-state index is 13.3. The van der Waals surface area contributed by atoms with Crippen LogP contribution in [0.3, 0.4) is 0 Å². The molecule has 0 unspecified atom stereocenters. The van der Waals surface area contributed by atoms with E-state index in [2.05, 4.69) is 23.2 Å². The van der Waals surface area contributed by atoms with Crippen molar-refractivity contribution in [3.8, 4) is 0 Å². The number of halogens is 1. The van der Waals surface area contributed by atoms with Crippen LogP contribution in [0.4, 0.5) is 0 Å². The molecule has 0 aliphatic heterocycles. The van der Waals surface area contributed by atoms with Gasteiger partial charge < -0.3 is 4.57 Å². The Bertz CT molecular complexity index is 1400. The van der Waals surface area contributed by atoms with E-state index >= 15 is 0 Å². The predicted octanol–water partition coefficient (Wildman–Crippen LogP) is 3.91. The summed E-state index contributed by atoms with van der Waals surface area (Å²) in [4.78, 5) is 30.4. The summed E-state index contributed by atoms with van der Waals surface area (Å²) in [6.45, 7) is 4.66. The van der Waals surface area contributed by atoms with E-state index in [1.807, 2.05) is 44.2 Å². The van der Waals surface area contributed by atoms with Crippen LogP contribution in [0.1, 0.15) is 19.4 Å². The minimum absolute atomic E-state index is 0.196. The van der Waals surface area contributed by atoms with Gasteiger partial charge in [-0.3, -0.25) is 13.9 Å². The molecule has 30 heavy (non-hydrogen) atoms. The lowest BCUT2D eigenvalue weighted by Gasteiger charge is -2.11. The molecule has 2 aromatic heterocycles. The van der Waals surface area contributed by atoms with Crippen molar-refractivity contribution in [2.24, 2.45) is 7.05 Å². The Balaban J connectivity index is 1.81. The summed E-state index contributed by atoms with van der Waals surface area (Å²) in [6.07, 6.45) is 2.54. The molecule has 2 aromatic carbocycles. The number of allylic oxidation sites excluding steroid dienone is 2. The summed E-state index contributed by atoms with van der Waals surface area (Å²) in [7, 11) is 1.62. The van der Waals surface area contributed by atoms with E-state index in [0.29, 0.717) is 24.1 Å². The normalized spacial score (nSPS) is 11.3. The molecule has 4 rings (SSSR count). The lowest BCUT2D eigenvalue weighted by Crippen LogP contribution is -2.40. The predicted molar refractivity (Wildman–Crippen MR) is 121 cm³/mol. The highest BCUT2D eigenvalue weighted by Crippen LogP contribution is 2.20. The smallest absolute Gasteiger partial charge is 0.305 e. The molecule has 0 N–H and O–H groups in total. The minimum Gasteiger partial charge on any atom is -0.305 e. The number of benzene rings is 2. The second kappa shape index (κ2) is 7.95. The molecule has 0 aliphatic carbocycles. The van der Waals surface area contributed by atoms with Gasteiger partial charge in [0.2, 0.25) is 5.28 Å². The Morgan fingerprint density at radius 1 is 1.07 bits per heavy atom. The van der Waals surface area contributed by atoms with Gasteiger partial charge in [-0.25, -0.2) is 4.79 Å². The Kier molecular flexibility index (Phi) is 5.35. The number of nitrogens with zero attached hydrogens (tertiary/aromatic N) is 4. The quantitative estimate of drug-likeness (QED) is 0.362. The molecule has 0 fully saturated rings. The van der Waals surface area contributed by atoms with E-state index in [-0.39, 0.29) is 17.4 Å². The van der Waals surface area contributed by atoms with E-state index in [9.17, 15) is 9.59 Å². The summed E-state index contributed by atoms with van der Waals surface area (Å²) >= 11 is 6.30. The highest BCUT2D eigenvalue weighted by Gasteiger charge is 2.19. The van der Waals surface area contributed by atoms with E-state index in [1.165, 1.54) is 9.13 Å². The van der Waals surface area contributed by atoms with Crippen molar-refractivity contribution >= 4 is 33.5 Å². The van der Waals surface area contributed by atoms with Crippen molar-refractivity contribution < 1.29 is 0 Å². The Morgan fingerprint density at radius 2 is 1.80 bits per heavy atom. The first-order chi connectivity index (χ1) is 14.4. The van der Waals surface area contributed by atoms with Crippen molar-refractivity contribution in [3.05, 3.63) is 85.8 Å². The molecule has 0 radical (unpaired) electrons. The van der Waals surface area contributed by atoms with Gasteiger partial charge in [-0.15, -0.1) is 0 Å². The van der Waals surface area contributed by atoms with Crippen LogP contribution in [-0.2, 0) is 26.6 Å². The van der Waals surface area contributed by atoms with Gasteiger partial charge >= 0.3 is 5.69 Å². The van der Waals surface area contributed by atoms with E-state index in [4.69, 9.17) is 11.6 Å². The van der Waals surface area contributed by atoms with Crippen molar-refractivity contribution in [1.82, 2.24) is 18.7 Å².